The summed E-state index contributed by atoms with van der Waals surface area (Å²) in [5, 5.41) is 10.4. The van der Waals surface area contributed by atoms with Gasteiger partial charge in [-0.15, -0.1) is 0 Å². The van der Waals surface area contributed by atoms with E-state index in [9.17, 15) is 5.11 Å². The van der Waals surface area contributed by atoms with Gasteiger partial charge in [-0.3, -0.25) is 0 Å². The van der Waals surface area contributed by atoms with Crippen LogP contribution < -0.4 is 0 Å². The zero-order valence-corrected chi connectivity index (χ0v) is 12.2. The van der Waals surface area contributed by atoms with Crippen LogP contribution in [0.2, 0.25) is 0 Å². The quantitative estimate of drug-likeness (QED) is 0.863. The lowest BCUT2D eigenvalue weighted by molar-refractivity contribution is 0.184. The first-order chi connectivity index (χ1) is 9.74. The molecule has 0 aliphatic heterocycles. The topological polar surface area (TPSA) is 29.5 Å². The maximum absolute atomic E-state index is 10.4. The average molecular weight is 270 g/mol. The lowest BCUT2D eigenvalue weighted by atomic mass is 9.98. The molecule has 0 aliphatic rings. The summed E-state index contributed by atoms with van der Waals surface area (Å²) in [5.41, 5.74) is 4.28. The van der Waals surface area contributed by atoms with Gasteiger partial charge in [-0.25, -0.2) is 0 Å². The zero-order chi connectivity index (χ0) is 14.4. The molecule has 0 aliphatic carbocycles. The van der Waals surface area contributed by atoms with Crippen LogP contribution in [0, 0.1) is 0 Å². The Morgan fingerprint density at radius 2 is 1.40 bits per heavy atom. The third-order valence-electron chi connectivity index (χ3n) is 3.44. The summed E-state index contributed by atoms with van der Waals surface area (Å²) < 4.78 is 5.09. The highest BCUT2D eigenvalue weighted by Gasteiger charge is 2.10. The van der Waals surface area contributed by atoms with Gasteiger partial charge in [0.15, 0.2) is 0 Å². The Kier molecular flexibility index (Phi) is 5.33. The van der Waals surface area contributed by atoms with Crippen LogP contribution in [0.25, 0.3) is 0 Å². The Hall–Kier alpha value is -1.64. The van der Waals surface area contributed by atoms with E-state index < -0.39 is 6.10 Å². The van der Waals surface area contributed by atoms with Crippen LogP contribution in [-0.2, 0) is 17.8 Å². The van der Waals surface area contributed by atoms with Gasteiger partial charge in [0.1, 0.15) is 6.10 Å². The van der Waals surface area contributed by atoms with Crippen LogP contribution in [0.1, 0.15) is 41.7 Å². The molecule has 2 heteroatoms. The van der Waals surface area contributed by atoms with Crippen molar-refractivity contribution in [2.45, 2.75) is 32.5 Å². The number of aryl methyl sites for hydroxylation is 1. The molecule has 1 N–H and O–H groups in total. The van der Waals surface area contributed by atoms with E-state index in [0.717, 1.165) is 29.5 Å². The molecular formula is C18H22O2. The molecule has 0 spiro atoms. The van der Waals surface area contributed by atoms with Crippen molar-refractivity contribution in [3.63, 3.8) is 0 Å². The minimum absolute atomic E-state index is 0.567. The predicted molar refractivity (Wildman–Crippen MR) is 81.7 cm³/mol. The fraction of sp³-hybridized carbons (Fsp3) is 0.333. The maximum Gasteiger partial charge on any atom is 0.104 e. The number of aliphatic hydroxyl groups excluding tert-OH is 1. The van der Waals surface area contributed by atoms with Crippen molar-refractivity contribution in [3.05, 3.63) is 70.8 Å². The van der Waals surface area contributed by atoms with Crippen molar-refractivity contribution >= 4 is 0 Å². The van der Waals surface area contributed by atoms with Crippen LogP contribution in [0.3, 0.4) is 0 Å². The smallest absolute Gasteiger partial charge is 0.104 e. The number of ether oxygens (including phenoxy) is 1. The largest absolute Gasteiger partial charge is 0.384 e. The van der Waals surface area contributed by atoms with Crippen LogP contribution in [0.5, 0.6) is 0 Å². The van der Waals surface area contributed by atoms with E-state index in [1.54, 1.807) is 7.11 Å². The molecule has 2 aromatic rings. The lowest BCUT2D eigenvalue weighted by Crippen LogP contribution is -2.00. The number of aliphatic hydroxyl groups is 1. The van der Waals surface area contributed by atoms with E-state index in [2.05, 4.69) is 19.1 Å². The second kappa shape index (κ2) is 7.22. The molecule has 0 heterocycles. The van der Waals surface area contributed by atoms with Crippen molar-refractivity contribution in [1.82, 2.24) is 0 Å². The first kappa shape index (κ1) is 14.8. The molecule has 0 fully saturated rings. The van der Waals surface area contributed by atoms with Gasteiger partial charge in [0.25, 0.3) is 0 Å². The van der Waals surface area contributed by atoms with Gasteiger partial charge in [0.2, 0.25) is 0 Å². The van der Waals surface area contributed by atoms with Gasteiger partial charge in [0, 0.05) is 7.11 Å². The van der Waals surface area contributed by atoms with E-state index in [1.807, 2.05) is 36.4 Å². The lowest BCUT2D eigenvalue weighted by Gasteiger charge is -2.13. The summed E-state index contributed by atoms with van der Waals surface area (Å²) in [6, 6.07) is 16.1. The number of methoxy groups -OCH3 is 1. The van der Waals surface area contributed by atoms with Crippen molar-refractivity contribution in [3.8, 4) is 0 Å². The molecule has 106 valence electrons. The molecule has 2 rings (SSSR count). The number of hydrogen-bond acceptors (Lipinski definition) is 2. The third-order valence-corrected chi connectivity index (χ3v) is 3.44. The highest BCUT2D eigenvalue weighted by Crippen LogP contribution is 2.23. The molecule has 20 heavy (non-hydrogen) atoms. The Bertz CT molecular complexity index is 465. The van der Waals surface area contributed by atoms with Gasteiger partial charge in [-0.2, -0.15) is 0 Å². The first-order valence-corrected chi connectivity index (χ1v) is 7.09. The monoisotopic (exact) mass is 270 g/mol. The summed E-state index contributed by atoms with van der Waals surface area (Å²) in [4.78, 5) is 0. The maximum atomic E-state index is 10.4. The molecule has 2 aromatic carbocycles. The Balaban J connectivity index is 2.11. The number of hydrogen-bond donors (Lipinski definition) is 1. The molecular weight excluding hydrogens is 248 g/mol. The highest BCUT2D eigenvalue weighted by molar-refractivity contribution is 5.33. The van der Waals surface area contributed by atoms with Crippen LogP contribution in [0.15, 0.2) is 48.5 Å². The fourth-order valence-corrected chi connectivity index (χ4v) is 2.31. The van der Waals surface area contributed by atoms with E-state index in [1.165, 1.54) is 5.56 Å². The second-order valence-electron chi connectivity index (χ2n) is 5.07. The van der Waals surface area contributed by atoms with E-state index in [4.69, 9.17) is 4.74 Å². The van der Waals surface area contributed by atoms with Gasteiger partial charge in [-0.05, 0) is 28.7 Å². The van der Waals surface area contributed by atoms with Crippen LogP contribution >= 0.6 is 0 Å². The SMILES string of the molecule is CCCc1ccc(C(O)c2ccc(COC)cc2)cc1. The highest BCUT2D eigenvalue weighted by atomic mass is 16.5. The predicted octanol–water partition coefficient (Wildman–Crippen LogP) is 3.87. The number of benzene rings is 2. The molecule has 1 unspecified atom stereocenters. The molecule has 0 radical (unpaired) electrons. The van der Waals surface area contributed by atoms with E-state index >= 15 is 0 Å². The van der Waals surface area contributed by atoms with Gasteiger partial charge in [-0.1, -0.05) is 61.9 Å². The Morgan fingerprint density at radius 3 is 1.85 bits per heavy atom. The van der Waals surface area contributed by atoms with Crippen LogP contribution in [-0.4, -0.2) is 12.2 Å². The standard InChI is InChI=1S/C18H22O2/c1-3-4-14-5-9-16(10-6-14)18(19)17-11-7-15(8-12-17)13-20-2/h5-12,18-19H,3-4,13H2,1-2H3. The second-order valence-corrected chi connectivity index (χ2v) is 5.07. The van der Waals surface area contributed by atoms with Crippen molar-refractivity contribution in [2.24, 2.45) is 0 Å². The molecule has 2 nitrogen and oxygen atoms in total. The first-order valence-electron chi connectivity index (χ1n) is 7.09. The van der Waals surface area contributed by atoms with Crippen molar-refractivity contribution in [1.29, 1.82) is 0 Å². The minimum atomic E-state index is -0.567. The zero-order valence-electron chi connectivity index (χ0n) is 12.2. The van der Waals surface area contributed by atoms with E-state index in [-0.39, 0.29) is 0 Å². The minimum Gasteiger partial charge on any atom is -0.384 e. The Morgan fingerprint density at radius 1 is 0.900 bits per heavy atom. The third kappa shape index (κ3) is 3.69. The molecule has 0 saturated carbocycles. The summed E-state index contributed by atoms with van der Waals surface area (Å²) in [5.74, 6) is 0. The fourth-order valence-electron chi connectivity index (χ4n) is 2.31. The molecule has 0 saturated heterocycles. The number of rotatable bonds is 6. The molecule has 0 bridgehead atoms. The molecule has 0 aromatic heterocycles. The van der Waals surface area contributed by atoms with E-state index in [0.29, 0.717) is 6.61 Å². The Labute approximate surface area is 121 Å². The molecule has 1 atom stereocenters. The van der Waals surface area contributed by atoms with Crippen molar-refractivity contribution < 1.29 is 9.84 Å². The molecule has 0 amide bonds. The van der Waals surface area contributed by atoms with Gasteiger partial charge in [0.05, 0.1) is 6.61 Å². The summed E-state index contributed by atoms with van der Waals surface area (Å²) >= 11 is 0. The van der Waals surface area contributed by atoms with Gasteiger partial charge < -0.3 is 9.84 Å². The van der Waals surface area contributed by atoms with Gasteiger partial charge >= 0.3 is 0 Å². The van der Waals surface area contributed by atoms with Crippen LogP contribution in [0.4, 0.5) is 0 Å². The normalized spacial score (nSPS) is 12.3. The van der Waals surface area contributed by atoms with Crippen molar-refractivity contribution in [2.75, 3.05) is 7.11 Å². The summed E-state index contributed by atoms with van der Waals surface area (Å²) in [6.07, 6.45) is 1.66. The summed E-state index contributed by atoms with van der Waals surface area (Å²) in [6.45, 7) is 2.77. The average Bonchev–Trinajstić information content (AvgIpc) is 2.49. The summed E-state index contributed by atoms with van der Waals surface area (Å²) in [7, 11) is 1.68.